The van der Waals surface area contributed by atoms with Crippen molar-refractivity contribution in [3.8, 4) is 5.75 Å². The first kappa shape index (κ1) is 14.0. The van der Waals surface area contributed by atoms with E-state index in [9.17, 15) is 8.42 Å². The molecule has 2 aliphatic heterocycles. The molecule has 4 rings (SSSR count). The lowest BCUT2D eigenvalue weighted by Gasteiger charge is -2.18. The van der Waals surface area contributed by atoms with Crippen LogP contribution in [0.15, 0.2) is 62.9 Å². The van der Waals surface area contributed by atoms with Crippen LogP contribution in [-0.2, 0) is 10.0 Å². The molecule has 0 unspecified atom stereocenters. The highest BCUT2D eigenvalue weighted by atomic mass is 32.2. The summed E-state index contributed by atoms with van der Waals surface area (Å²) in [6.07, 6.45) is 0.645. The topological polar surface area (TPSA) is 80.1 Å². The van der Waals surface area contributed by atoms with E-state index in [-0.39, 0.29) is 10.7 Å². The third-order valence-electron chi connectivity index (χ3n) is 3.72. The van der Waals surface area contributed by atoms with Crippen LogP contribution < -0.4 is 10.2 Å². The first-order valence-corrected chi connectivity index (χ1v) is 8.58. The van der Waals surface area contributed by atoms with Crippen molar-refractivity contribution in [2.45, 2.75) is 11.3 Å². The number of benzene rings is 2. The number of sulfonamides is 1. The Balaban J connectivity index is 1.69. The summed E-state index contributed by atoms with van der Waals surface area (Å²) in [6.45, 7) is 0.541. The predicted molar refractivity (Wildman–Crippen MR) is 86.4 cm³/mol. The van der Waals surface area contributed by atoms with E-state index in [0.29, 0.717) is 18.6 Å². The van der Waals surface area contributed by atoms with Gasteiger partial charge in [0, 0.05) is 17.5 Å². The van der Waals surface area contributed by atoms with Crippen LogP contribution in [0.4, 0.5) is 0 Å². The fraction of sp³-hybridized carbons (Fsp3) is 0.125. The van der Waals surface area contributed by atoms with Crippen LogP contribution in [0, 0.1) is 0 Å². The van der Waals surface area contributed by atoms with Crippen molar-refractivity contribution >= 4 is 21.6 Å². The van der Waals surface area contributed by atoms with E-state index >= 15 is 0 Å². The quantitative estimate of drug-likeness (QED) is 0.812. The van der Waals surface area contributed by atoms with Gasteiger partial charge in [0.25, 0.3) is 10.0 Å². The molecule has 2 aromatic carbocycles. The molecule has 0 saturated carbocycles. The molecule has 0 fully saturated rings. The average Bonchev–Trinajstić information content (AvgIpc) is 2.84. The van der Waals surface area contributed by atoms with Crippen molar-refractivity contribution in [2.75, 3.05) is 6.61 Å². The van der Waals surface area contributed by atoms with E-state index in [1.54, 1.807) is 24.3 Å². The molecule has 1 N–H and O–H groups in total. The summed E-state index contributed by atoms with van der Waals surface area (Å²) in [7, 11) is -3.64. The third kappa shape index (κ3) is 2.39. The molecule has 0 atom stereocenters. The van der Waals surface area contributed by atoms with Crippen LogP contribution in [0.25, 0.3) is 0 Å². The standard InChI is InChI=1S/C16H13N3O3S/c20-23(21)15-8-4-2-6-12(15)16(19-23)18-17-13-9-10-22-14-7-3-1-5-11(13)14/h1-8H,9-10H2,(H,18,19). The highest BCUT2D eigenvalue weighted by Gasteiger charge is 2.28. The molecule has 23 heavy (non-hydrogen) atoms. The molecular formula is C16H13N3O3S. The van der Waals surface area contributed by atoms with Crippen LogP contribution in [-0.4, -0.2) is 26.6 Å². The largest absolute Gasteiger partial charge is 0.492 e. The number of nitrogens with zero attached hydrogens (tertiary/aromatic N) is 2. The van der Waals surface area contributed by atoms with Gasteiger partial charge in [0.2, 0.25) is 0 Å². The zero-order chi connectivity index (χ0) is 15.9. The maximum absolute atomic E-state index is 12.0. The summed E-state index contributed by atoms with van der Waals surface area (Å²) in [5, 5.41) is 4.36. The number of hydrazone groups is 1. The van der Waals surface area contributed by atoms with Gasteiger partial charge in [-0.25, -0.2) is 0 Å². The van der Waals surface area contributed by atoms with Gasteiger partial charge in [0.1, 0.15) is 10.6 Å². The Bertz CT molecular complexity index is 949. The lowest BCUT2D eigenvalue weighted by Crippen LogP contribution is -2.23. The Morgan fingerprint density at radius 1 is 1.04 bits per heavy atom. The van der Waals surface area contributed by atoms with E-state index in [1.165, 1.54) is 0 Å². The molecule has 0 amide bonds. The van der Waals surface area contributed by atoms with Gasteiger partial charge in [-0.1, -0.05) is 24.3 Å². The fourth-order valence-corrected chi connectivity index (χ4v) is 3.82. The molecule has 116 valence electrons. The lowest BCUT2D eigenvalue weighted by molar-refractivity contribution is 0.320. The van der Waals surface area contributed by atoms with Crippen molar-refractivity contribution in [3.05, 3.63) is 59.7 Å². The van der Waals surface area contributed by atoms with Crippen LogP contribution in [0.3, 0.4) is 0 Å². The summed E-state index contributed by atoms with van der Waals surface area (Å²) in [4.78, 5) is 0.204. The molecule has 0 bridgehead atoms. The van der Waals surface area contributed by atoms with E-state index in [2.05, 4.69) is 14.9 Å². The van der Waals surface area contributed by atoms with Crippen molar-refractivity contribution < 1.29 is 13.2 Å². The average molecular weight is 327 g/mol. The van der Waals surface area contributed by atoms with Crippen LogP contribution in [0.2, 0.25) is 0 Å². The summed E-state index contributed by atoms with van der Waals surface area (Å²) in [6, 6.07) is 14.3. The normalized spacial score (nSPS) is 19.5. The molecular weight excluding hydrogens is 314 g/mol. The minimum absolute atomic E-state index is 0.204. The minimum atomic E-state index is -3.64. The summed E-state index contributed by atoms with van der Waals surface area (Å²) in [5.41, 5.74) is 5.07. The molecule has 0 radical (unpaired) electrons. The van der Waals surface area contributed by atoms with Crippen LogP contribution in [0.1, 0.15) is 17.5 Å². The number of rotatable bonds is 1. The number of hydrogen-bond acceptors (Lipinski definition) is 5. The summed E-state index contributed by atoms with van der Waals surface area (Å²) >= 11 is 0. The molecule has 0 aliphatic carbocycles. The van der Waals surface area contributed by atoms with Crippen LogP contribution >= 0.6 is 0 Å². The Kier molecular flexibility index (Phi) is 3.16. The van der Waals surface area contributed by atoms with Gasteiger partial charge in [-0.2, -0.15) is 13.5 Å². The zero-order valence-corrected chi connectivity index (χ0v) is 12.9. The van der Waals surface area contributed by atoms with Gasteiger partial charge in [-0.05, 0) is 24.3 Å². The van der Waals surface area contributed by atoms with Crippen molar-refractivity contribution in [1.82, 2.24) is 5.43 Å². The van der Waals surface area contributed by atoms with Gasteiger partial charge in [-0.15, -0.1) is 4.40 Å². The highest BCUT2D eigenvalue weighted by Crippen LogP contribution is 2.26. The SMILES string of the molecule is O=S1(=O)N=C(NN=C2CCOc3ccccc32)c2ccccc21. The maximum Gasteiger partial charge on any atom is 0.285 e. The molecule has 2 aromatic rings. The number of para-hydroxylation sites is 1. The van der Waals surface area contributed by atoms with Crippen LogP contribution in [0.5, 0.6) is 5.75 Å². The summed E-state index contributed by atoms with van der Waals surface area (Å²) < 4.78 is 33.4. The molecule has 2 heterocycles. The van der Waals surface area contributed by atoms with Gasteiger partial charge in [0.05, 0.1) is 12.3 Å². The Morgan fingerprint density at radius 2 is 1.78 bits per heavy atom. The number of fused-ring (bicyclic) bond motifs is 2. The van der Waals surface area contributed by atoms with Gasteiger partial charge in [0.15, 0.2) is 5.84 Å². The Hall–Kier alpha value is -2.67. The Morgan fingerprint density at radius 3 is 2.65 bits per heavy atom. The fourth-order valence-electron chi connectivity index (χ4n) is 2.65. The van der Waals surface area contributed by atoms with Gasteiger partial charge < -0.3 is 4.74 Å². The third-order valence-corrected chi connectivity index (χ3v) is 5.06. The number of hydrogen-bond donors (Lipinski definition) is 1. The summed E-state index contributed by atoms with van der Waals surface area (Å²) in [5.74, 6) is 1.03. The van der Waals surface area contributed by atoms with Crippen molar-refractivity contribution in [2.24, 2.45) is 9.50 Å². The smallest absolute Gasteiger partial charge is 0.285 e. The second-order valence-corrected chi connectivity index (χ2v) is 6.75. The molecule has 2 aliphatic rings. The molecule has 6 nitrogen and oxygen atoms in total. The van der Waals surface area contributed by atoms with Gasteiger partial charge in [-0.3, -0.25) is 5.43 Å². The predicted octanol–water partition coefficient (Wildman–Crippen LogP) is 1.91. The molecule has 7 heteroatoms. The maximum atomic E-state index is 12.0. The molecule has 0 aromatic heterocycles. The van der Waals surface area contributed by atoms with Gasteiger partial charge >= 0.3 is 0 Å². The molecule has 0 saturated heterocycles. The number of nitrogens with one attached hydrogen (secondary N) is 1. The highest BCUT2D eigenvalue weighted by molar-refractivity contribution is 7.90. The number of amidine groups is 1. The zero-order valence-electron chi connectivity index (χ0n) is 12.1. The second-order valence-electron chi connectivity index (χ2n) is 5.18. The van der Waals surface area contributed by atoms with E-state index in [1.807, 2.05) is 24.3 Å². The monoisotopic (exact) mass is 327 g/mol. The van der Waals surface area contributed by atoms with E-state index < -0.39 is 10.0 Å². The lowest BCUT2D eigenvalue weighted by atomic mass is 10.0. The molecule has 0 spiro atoms. The van der Waals surface area contributed by atoms with Crippen molar-refractivity contribution in [3.63, 3.8) is 0 Å². The van der Waals surface area contributed by atoms with Crippen molar-refractivity contribution in [1.29, 1.82) is 0 Å². The number of ether oxygens (including phenoxy) is 1. The first-order chi connectivity index (χ1) is 11.1. The Labute approximate surface area is 133 Å². The van der Waals surface area contributed by atoms with E-state index in [4.69, 9.17) is 4.74 Å². The minimum Gasteiger partial charge on any atom is -0.492 e. The second kappa shape index (κ2) is 5.20. The first-order valence-electron chi connectivity index (χ1n) is 7.14. The van der Waals surface area contributed by atoms with E-state index in [0.717, 1.165) is 17.0 Å².